The molecular weight excluding hydrogens is 238 g/mol. The maximum absolute atomic E-state index is 9.59. The van der Waals surface area contributed by atoms with Crippen LogP contribution in [0.4, 0.5) is 0 Å². The van der Waals surface area contributed by atoms with E-state index in [4.69, 9.17) is 0 Å². The first-order valence-electron chi connectivity index (χ1n) is 7.76. The topological polar surface area (TPSA) is 38.7 Å². The predicted molar refractivity (Wildman–Crippen MR) is 81.5 cm³/mol. The highest BCUT2D eigenvalue weighted by Gasteiger charge is 2.29. The maximum atomic E-state index is 9.59. The summed E-state index contributed by atoms with van der Waals surface area (Å²) in [7, 11) is 0. The monoisotopic (exact) mass is 271 g/mol. The van der Waals surface area contributed by atoms with E-state index in [0.29, 0.717) is 12.1 Å². The first-order valence-corrected chi connectivity index (χ1v) is 7.76. The molecule has 4 nitrogen and oxygen atoms in total. The van der Waals surface area contributed by atoms with Crippen molar-refractivity contribution in [2.75, 3.05) is 39.3 Å². The Balaban J connectivity index is 2.44. The Bertz CT molecular complexity index is 252. The lowest BCUT2D eigenvalue weighted by Crippen LogP contribution is -2.55. The lowest BCUT2D eigenvalue weighted by molar-refractivity contribution is 0.0604. The van der Waals surface area contributed by atoms with E-state index in [9.17, 15) is 5.11 Å². The van der Waals surface area contributed by atoms with Gasteiger partial charge < -0.3 is 10.4 Å². The van der Waals surface area contributed by atoms with Crippen molar-refractivity contribution in [1.82, 2.24) is 15.1 Å². The van der Waals surface area contributed by atoms with Crippen LogP contribution in [-0.4, -0.2) is 71.9 Å². The molecule has 1 aliphatic rings. The number of aliphatic hydroxyl groups is 1. The van der Waals surface area contributed by atoms with Crippen LogP contribution in [0.2, 0.25) is 0 Å². The molecule has 1 rings (SSSR count). The van der Waals surface area contributed by atoms with Crippen LogP contribution in [0.15, 0.2) is 0 Å². The zero-order chi connectivity index (χ0) is 14.5. The Morgan fingerprint density at radius 3 is 2.05 bits per heavy atom. The van der Waals surface area contributed by atoms with E-state index in [-0.39, 0.29) is 12.1 Å². The number of hydrogen-bond donors (Lipinski definition) is 2. The zero-order valence-corrected chi connectivity index (χ0v) is 13.4. The predicted octanol–water partition coefficient (Wildman–Crippen LogP) is 1.15. The number of piperazine rings is 1. The van der Waals surface area contributed by atoms with Gasteiger partial charge in [-0.1, -0.05) is 6.92 Å². The molecule has 1 heterocycles. The van der Waals surface area contributed by atoms with Crippen LogP contribution in [0.3, 0.4) is 0 Å². The van der Waals surface area contributed by atoms with E-state index in [1.165, 1.54) is 13.1 Å². The Kier molecular flexibility index (Phi) is 6.74. The van der Waals surface area contributed by atoms with Crippen LogP contribution < -0.4 is 5.32 Å². The molecule has 0 spiro atoms. The highest BCUT2D eigenvalue weighted by molar-refractivity contribution is 4.88. The van der Waals surface area contributed by atoms with Crippen molar-refractivity contribution < 1.29 is 5.11 Å². The van der Waals surface area contributed by atoms with Gasteiger partial charge in [0.2, 0.25) is 0 Å². The molecule has 0 aromatic rings. The molecule has 2 atom stereocenters. The maximum Gasteiger partial charge on any atom is 0.0611 e. The second kappa shape index (κ2) is 7.58. The molecule has 0 saturated carbocycles. The first kappa shape index (κ1) is 16.9. The van der Waals surface area contributed by atoms with Gasteiger partial charge in [-0.25, -0.2) is 0 Å². The summed E-state index contributed by atoms with van der Waals surface area (Å²) in [5.74, 6) is 0. The normalized spacial score (nSPS) is 23.5. The van der Waals surface area contributed by atoms with Gasteiger partial charge >= 0.3 is 0 Å². The number of nitrogens with zero attached hydrogens (tertiary/aromatic N) is 2. The SMILES string of the molecule is CCNC(C)(CO)CC(C)N1CCN(C(C)C)CC1. The van der Waals surface area contributed by atoms with Gasteiger partial charge in [-0.05, 0) is 40.7 Å². The van der Waals surface area contributed by atoms with Crippen LogP contribution in [0.25, 0.3) is 0 Å². The fourth-order valence-corrected chi connectivity index (χ4v) is 3.10. The van der Waals surface area contributed by atoms with E-state index < -0.39 is 0 Å². The number of rotatable bonds is 7. The molecule has 0 aliphatic carbocycles. The minimum atomic E-state index is -0.149. The molecule has 0 radical (unpaired) electrons. The highest BCUT2D eigenvalue weighted by atomic mass is 16.3. The van der Waals surface area contributed by atoms with Crippen molar-refractivity contribution in [1.29, 1.82) is 0 Å². The van der Waals surface area contributed by atoms with Crippen LogP contribution in [-0.2, 0) is 0 Å². The molecule has 2 unspecified atom stereocenters. The van der Waals surface area contributed by atoms with Gasteiger partial charge in [0.25, 0.3) is 0 Å². The second-order valence-corrected chi connectivity index (χ2v) is 6.47. The molecule has 19 heavy (non-hydrogen) atoms. The fourth-order valence-electron chi connectivity index (χ4n) is 3.10. The summed E-state index contributed by atoms with van der Waals surface area (Å²) in [6.07, 6.45) is 0.999. The molecule has 1 fully saturated rings. The highest BCUT2D eigenvalue weighted by Crippen LogP contribution is 2.18. The molecule has 0 aromatic carbocycles. The third-order valence-corrected chi connectivity index (χ3v) is 4.40. The number of aliphatic hydroxyl groups excluding tert-OH is 1. The summed E-state index contributed by atoms with van der Waals surface area (Å²) in [5, 5.41) is 13.0. The third kappa shape index (κ3) is 5.03. The molecule has 4 heteroatoms. The van der Waals surface area contributed by atoms with Crippen LogP contribution in [0.1, 0.15) is 41.0 Å². The lowest BCUT2D eigenvalue weighted by atomic mass is 9.93. The van der Waals surface area contributed by atoms with Gasteiger partial charge in [-0.3, -0.25) is 9.80 Å². The second-order valence-electron chi connectivity index (χ2n) is 6.47. The van der Waals surface area contributed by atoms with Crippen molar-refractivity contribution in [3.63, 3.8) is 0 Å². The van der Waals surface area contributed by atoms with E-state index in [1.807, 2.05) is 0 Å². The third-order valence-electron chi connectivity index (χ3n) is 4.40. The van der Waals surface area contributed by atoms with Gasteiger partial charge in [0.1, 0.15) is 0 Å². The molecule has 2 N–H and O–H groups in total. The van der Waals surface area contributed by atoms with E-state index in [1.54, 1.807) is 0 Å². The molecular formula is C15H33N3O. The fraction of sp³-hybridized carbons (Fsp3) is 1.00. The average molecular weight is 271 g/mol. The van der Waals surface area contributed by atoms with Crippen LogP contribution in [0.5, 0.6) is 0 Å². The summed E-state index contributed by atoms with van der Waals surface area (Å²) in [5.41, 5.74) is -0.149. The minimum absolute atomic E-state index is 0.149. The van der Waals surface area contributed by atoms with Crippen molar-refractivity contribution in [2.24, 2.45) is 0 Å². The summed E-state index contributed by atoms with van der Waals surface area (Å²) in [6.45, 7) is 16.8. The van der Waals surface area contributed by atoms with Gasteiger partial charge in [-0.15, -0.1) is 0 Å². The zero-order valence-electron chi connectivity index (χ0n) is 13.4. The largest absolute Gasteiger partial charge is 0.394 e. The molecule has 1 saturated heterocycles. The standard InChI is InChI=1S/C15H33N3O/c1-6-16-15(5,12-19)11-14(4)18-9-7-17(8-10-18)13(2)3/h13-14,16,19H,6-12H2,1-5H3. The Morgan fingerprint density at radius 2 is 1.63 bits per heavy atom. The van der Waals surface area contributed by atoms with Crippen LogP contribution in [0, 0.1) is 0 Å². The molecule has 1 aliphatic heterocycles. The summed E-state index contributed by atoms with van der Waals surface area (Å²) < 4.78 is 0. The molecule has 0 aromatic heterocycles. The minimum Gasteiger partial charge on any atom is -0.394 e. The molecule has 114 valence electrons. The van der Waals surface area contributed by atoms with Gasteiger partial charge in [0, 0.05) is 43.8 Å². The molecule has 0 amide bonds. The van der Waals surface area contributed by atoms with Gasteiger partial charge in [-0.2, -0.15) is 0 Å². The smallest absolute Gasteiger partial charge is 0.0611 e. The summed E-state index contributed by atoms with van der Waals surface area (Å²) in [4.78, 5) is 5.10. The quantitative estimate of drug-likeness (QED) is 0.729. The lowest BCUT2D eigenvalue weighted by Gasteiger charge is -2.42. The summed E-state index contributed by atoms with van der Waals surface area (Å²) in [6, 6.07) is 1.17. The van der Waals surface area contributed by atoms with Crippen molar-refractivity contribution in [3.05, 3.63) is 0 Å². The van der Waals surface area contributed by atoms with E-state index in [0.717, 1.165) is 26.1 Å². The number of likely N-dealkylation sites (N-methyl/N-ethyl adjacent to an activating group) is 1. The van der Waals surface area contributed by atoms with Gasteiger partial charge in [0.05, 0.1) is 6.61 Å². The Hall–Kier alpha value is -0.160. The van der Waals surface area contributed by atoms with Crippen molar-refractivity contribution >= 4 is 0 Å². The van der Waals surface area contributed by atoms with Crippen molar-refractivity contribution in [3.8, 4) is 0 Å². The Labute approximate surface area is 119 Å². The summed E-state index contributed by atoms with van der Waals surface area (Å²) >= 11 is 0. The molecule has 0 bridgehead atoms. The number of nitrogens with one attached hydrogen (secondary N) is 1. The van der Waals surface area contributed by atoms with Crippen LogP contribution >= 0.6 is 0 Å². The van der Waals surface area contributed by atoms with E-state index >= 15 is 0 Å². The first-order chi connectivity index (χ1) is 8.91. The number of hydrogen-bond acceptors (Lipinski definition) is 4. The van der Waals surface area contributed by atoms with Crippen molar-refractivity contribution in [2.45, 2.75) is 58.7 Å². The van der Waals surface area contributed by atoms with Gasteiger partial charge in [0.15, 0.2) is 0 Å². The van der Waals surface area contributed by atoms with E-state index in [2.05, 4.69) is 49.7 Å². The average Bonchev–Trinajstić information content (AvgIpc) is 2.39. The Morgan fingerprint density at radius 1 is 1.11 bits per heavy atom.